The first kappa shape index (κ1) is 38.9. The van der Waals surface area contributed by atoms with Gasteiger partial charge in [0.15, 0.2) is 0 Å². The Labute approximate surface area is 317 Å². The molecule has 2 aliphatic heterocycles. The van der Waals surface area contributed by atoms with E-state index >= 15 is 0 Å². The van der Waals surface area contributed by atoms with Gasteiger partial charge in [0.25, 0.3) is 0 Å². The van der Waals surface area contributed by atoms with Gasteiger partial charge in [0.05, 0.1) is 32.0 Å². The number of β-amino-alcohol motifs (C(OH)–C–C–N with tert-alkyl or cyclic N) is 2. The second-order valence-corrected chi connectivity index (χ2v) is 13.6. The lowest BCUT2D eigenvalue weighted by molar-refractivity contribution is -0.143. The summed E-state index contributed by atoms with van der Waals surface area (Å²) in [4.78, 5) is 35.7. The van der Waals surface area contributed by atoms with E-state index in [2.05, 4.69) is 16.0 Å². The largest absolute Gasteiger partial charge is 0.481 e. The molecule has 0 aliphatic carbocycles. The number of nitriles is 1. The molecule has 2 aromatic carbocycles. The molecule has 2 aliphatic rings. The third kappa shape index (κ3) is 8.79. The smallest absolute Gasteiger partial charge is 0.321 e. The van der Waals surface area contributed by atoms with Crippen molar-refractivity contribution in [2.45, 2.75) is 70.4 Å². The summed E-state index contributed by atoms with van der Waals surface area (Å²) in [6.07, 6.45) is -1.12. The Morgan fingerprint density at radius 2 is 1.20 bits per heavy atom. The van der Waals surface area contributed by atoms with Gasteiger partial charge in [-0.2, -0.15) is 15.2 Å². The molecule has 55 heavy (non-hydrogen) atoms. The van der Waals surface area contributed by atoms with Crippen molar-refractivity contribution in [2.24, 2.45) is 0 Å². The van der Waals surface area contributed by atoms with Gasteiger partial charge in [-0.3, -0.25) is 19.4 Å². The summed E-state index contributed by atoms with van der Waals surface area (Å²) in [7, 11) is 2.95. The van der Waals surface area contributed by atoms with Gasteiger partial charge < -0.3 is 39.4 Å². The Morgan fingerprint density at radius 1 is 0.727 bits per heavy atom. The fourth-order valence-electron chi connectivity index (χ4n) is 7.23. The van der Waals surface area contributed by atoms with Gasteiger partial charge >= 0.3 is 11.9 Å². The molecule has 288 valence electrons. The molecule has 6 rings (SSSR count). The van der Waals surface area contributed by atoms with E-state index in [9.17, 15) is 35.3 Å². The first-order valence-electron chi connectivity index (χ1n) is 17.7. The molecule has 0 amide bonds. The number of aliphatic hydroxyl groups is 2. The lowest BCUT2D eigenvalue weighted by Crippen LogP contribution is -2.35. The van der Waals surface area contributed by atoms with Crippen LogP contribution in [-0.2, 0) is 35.9 Å². The number of hydrogen-bond acceptors (Lipinski definition) is 13. The highest BCUT2D eigenvalue weighted by atomic mass is 16.5. The zero-order chi connectivity index (χ0) is 39.2. The van der Waals surface area contributed by atoms with Gasteiger partial charge in [0, 0.05) is 73.4 Å². The van der Waals surface area contributed by atoms with Gasteiger partial charge in [-0.15, -0.1) is 0 Å². The highest BCUT2D eigenvalue weighted by Gasteiger charge is 2.37. The zero-order valence-electron chi connectivity index (χ0n) is 30.7. The summed E-state index contributed by atoms with van der Waals surface area (Å²) in [5.74, 6) is -0.832. The number of rotatable bonds is 15. The van der Waals surface area contributed by atoms with Crippen molar-refractivity contribution >= 4 is 11.9 Å². The molecule has 4 aromatic rings. The summed E-state index contributed by atoms with van der Waals surface area (Å²) < 4.78 is 23.1. The van der Waals surface area contributed by atoms with Gasteiger partial charge in [-0.05, 0) is 35.7 Å². The Hall–Kier alpha value is -5.79. The molecule has 4 heterocycles. The van der Waals surface area contributed by atoms with Crippen LogP contribution in [-0.4, -0.2) is 104 Å². The molecule has 2 aromatic heterocycles. The number of hydrogen-bond donors (Lipinski definition) is 4. The maximum absolute atomic E-state index is 11.7. The van der Waals surface area contributed by atoms with Gasteiger partial charge in [0.1, 0.15) is 31.4 Å². The summed E-state index contributed by atoms with van der Waals surface area (Å²) in [5.41, 5.74) is 5.76. The maximum Gasteiger partial charge on any atom is 0.321 e. The van der Waals surface area contributed by atoms with E-state index in [4.69, 9.17) is 18.9 Å². The molecule has 15 nitrogen and oxygen atoms in total. The summed E-state index contributed by atoms with van der Waals surface area (Å²) in [6.45, 7) is 3.13. The van der Waals surface area contributed by atoms with Crippen LogP contribution in [0.15, 0.2) is 60.7 Å². The number of carboxylic acids is 2. The molecule has 15 heteroatoms. The molecular formula is C40H43N5O10. The summed E-state index contributed by atoms with van der Waals surface area (Å²) in [5, 5.41) is 49.5. The Bertz CT molecular complexity index is 2090. The van der Waals surface area contributed by atoms with E-state index in [1.807, 2.05) is 43.3 Å². The van der Waals surface area contributed by atoms with Crippen molar-refractivity contribution < 1.29 is 49.0 Å². The number of carbonyl (C=O) groups is 2. The number of nitrogens with zero attached hydrogens (tertiary/aromatic N) is 5. The van der Waals surface area contributed by atoms with Crippen LogP contribution in [0.1, 0.15) is 46.2 Å². The molecular weight excluding hydrogens is 710 g/mol. The molecule has 2 fully saturated rings. The Morgan fingerprint density at radius 3 is 1.67 bits per heavy atom. The lowest BCUT2D eigenvalue weighted by atomic mass is 9.91. The van der Waals surface area contributed by atoms with Crippen molar-refractivity contribution in [3.05, 3.63) is 94.0 Å². The molecule has 0 unspecified atom stereocenters. The number of ether oxygens (including phenoxy) is 4. The lowest BCUT2D eigenvalue weighted by Gasteiger charge is -2.21. The van der Waals surface area contributed by atoms with Crippen LogP contribution in [0.3, 0.4) is 0 Å². The zero-order valence-corrected chi connectivity index (χ0v) is 30.7. The van der Waals surface area contributed by atoms with E-state index in [1.54, 1.807) is 34.1 Å². The average Bonchev–Trinajstić information content (AvgIpc) is 3.75. The van der Waals surface area contributed by atoms with Crippen molar-refractivity contribution in [3.63, 3.8) is 0 Å². The third-order valence-corrected chi connectivity index (χ3v) is 10.0. The minimum Gasteiger partial charge on any atom is -0.481 e. The summed E-state index contributed by atoms with van der Waals surface area (Å²) >= 11 is 0. The van der Waals surface area contributed by atoms with Crippen molar-refractivity contribution in [2.75, 3.05) is 27.3 Å². The fourth-order valence-corrected chi connectivity index (χ4v) is 7.23. The van der Waals surface area contributed by atoms with E-state index < -0.39 is 36.2 Å². The molecule has 0 spiro atoms. The van der Waals surface area contributed by atoms with Crippen LogP contribution >= 0.6 is 0 Å². The van der Waals surface area contributed by atoms with Crippen LogP contribution in [0.25, 0.3) is 11.1 Å². The number of methoxy groups -OCH3 is 2. The monoisotopic (exact) mass is 753 g/mol. The van der Waals surface area contributed by atoms with Gasteiger partial charge in [-0.25, -0.2) is 0 Å². The van der Waals surface area contributed by atoms with Crippen LogP contribution < -0.4 is 18.9 Å². The normalized spacial score (nSPS) is 19.9. The molecule has 4 N–H and O–H groups in total. The Kier molecular flexibility index (Phi) is 12.1. The third-order valence-electron chi connectivity index (χ3n) is 10.0. The number of aliphatic hydroxyl groups excluding tert-OH is 2. The number of aliphatic carboxylic acids is 2. The molecule has 0 radical (unpaired) electrons. The molecule has 0 saturated carbocycles. The highest BCUT2D eigenvalue weighted by molar-refractivity contribution is 5.76. The first-order chi connectivity index (χ1) is 26.5. The predicted octanol–water partition coefficient (Wildman–Crippen LogP) is 3.54. The minimum absolute atomic E-state index is 0.0479. The number of likely N-dealkylation sites (tertiary alicyclic amines) is 2. The van der Waals surface area contributed by atoms with E-state index in [0.717, 1.165) is 22.3 Å². The van der Waals surface area contributed by atoms with Crippen molar-refractivity contribution in [1.29, 1.82) is 5.26 Å². The van der Waals surface area contributed by atoms with Gasteiger partial charge in [0.2, 0.25) is 23.5 Å². The Balaban J connectivity index is 1.14. The molecule has 2 saturated heterocycles. The van der Waals surface area contributed by atoms with E-state index in [0.29, 0.717) is 34.0 Å². The van der Waals surface area contributed by atoms with Crippen LogP contribution in [0, 0.1) is 18.3 Å². The van der Waals surface area contributed by atoms with Crippen molar-refractivity contribution in [1.82, 2.24) is 19.8 Å². The number of benzene rings is 2. The average molecular weight is 754 g/mol. The maximum atomic E-state index is 11.7. The second kappa shape index (κ2) is 17.1. The molecule has 4 atom stereocenters. The SMILES string of the molecule is COc1nc(OCc2cccc(-c3cccc(COc4ccc(CN5C[C@@H](O)C[C@H]5C(=O)O)c(OC)n4)c3C#N)c2C)ccc1CN1C[C@@H](O)C[C@H]1C(=O)O. The number of pyridine rings is 2. The van der Waals surface area contributed by atoms with Crippen LogP contribution in [0.2, 0.25) is 0 Å². The first-order valence-corrected chi connectivity index (χ1v) is 17.7. The fraction of sp³-hybridized carbons (Fsp3) is 0.375. The van der Waals surface area contributed by atoms with E-state index in [-0.39, 0.29) is 64.0 Å². The van der Waals surface area contributed by atoms with Crippen LogP contribution in [0.4, 0.5) is 0 Å². The van der Waals surface area contributed by atoms with Crippen molar-refractivity contribution in [3.8, 4) is 40.7 Å². The summed E-state index contributed by atoms with van der Waals surface area (Å²) in [6, 6.07) is 19.0. The standard InChI is InChI=1S/C40H43N5O10/c1-23-26(21-54-35-12-10-24(37(42-35)52-2)17-44-19-28(46)14-33(44)39(48)49)6-4-8-30(23)31-9-5-7-27(32(31)16-41)22-55-36-13-11-25(38(43-36)53-3)18-45-20-29(47)15-34(45)40(50)51/h4-13,28-29,33-34,46-47H,14-15,17-22H2,1-3H3,(H,48,49)(H,50,51)/t28-,29-,33-,34-/m0/s1. The number of carboxylic acid groups (broad SMARTS) is 2. The highest BCUT2D eigenvalue weighted by Crippen LogP contribution is 2.33. The van der Waals surface area contributed by atoms with Crippen LogP contribution in [0.5, 0.6) is 23.5 Å². The van der Waals surface area contributed by atoms with E-state index in [1.165, 1.54) is 14.2 Å². The molecule has 0 bridgehead atoms. The quantitative estimate of drug-likeness (QED) is 0.137. The topological polar surface area (TPSA) is 208 Å². The second-order valence-electron chi connectivity index (χ2n) is 13.6. The van der Waals surface area contributed by atoms with Gasteiger partial charge in [-0.1, -0.05) is 36.4 Å². The predicted molar refractivity (Wildman–Crippen MR) is 196 cm³/mol. The minimum atomic E-state index is -0.994. The number of aromatic nitrogens is 2.